The van der Waals surface area contributed by atoms with Crippen LogP contribution in [0.3, 0.4) is 0 Å². The molecule has 0 unspecified atom stereocenters. The van der Waals surface area contributed by atoms with Crippen LogP contribution in [0.2, 0.25) is 0 Å². The Bertz CT molecular complexity index is 616. The standard InChI is InChI=1S/C22H34N2O2/c1-5-7-14-22(15-8-6-2)19-13-10-9-12-18(19)20(25)24(21(22)26)17-11-16-23(3)4/h9-10,12-13H,5-8,11,14-17H2,1-4H3. The highest BCUT2D eigenvalue weighted by Gasteiger charge is 2.49. The van der Waals surface area contributed by atoms with Crippen LogP contribution in [0.15, 0.2) is 24.3 Å². The normalized spacial score (nSPS) is 16.3. The highest BCUT2D eigenvalue weighted by molar-refractivity contribution is 6.13. The van der Waals surface area contributed by atoms with E-state index in [1.54, 1.807) is 0 Å². The van der Waals surface area contributed by atoms with Gasteiger partial charge in [-0.2, -0.15) is 0 Å². The summed E-state index contributed by atoms with van der Waals surface area (Å²) < 4.78 is 0. The lowest BCUT2D eigenvalue weighted by atomic mass is 9.68. The number of imide groups is 1. The molecule has 1 aromatic rings. The van der Waals surface area contributed by atoms with Crippen molar-refractivity contribution in [1.82, 2.24) is 9.80 Å². The third-order valence-corrected chi connectivity index (χ3v) is 5.47. The molecule has 2 rings (SSSR count). The van der Waals surface area contributed by atoms with E-state index in [-0.39, 0.29) is 11.8 Å². The van der Waals surface area contributed by atoms with Gasteiger partial charge in [-0.05, 0) is 51.5 Å². The summed E-state index contributed by atoms with van der Waals surface area (Å²) in [6.45, 7) is 5.69. The molecule has 0 radical (unpaired) electrons. The molecule has 0 spiro atoms. The molecule has 26 heavy (non-hydrogen) atoms. The van der Waals surface area contributed by atoms with E-state index in [4.69, 9.17) is 0 Å². The maximum Gasteiger partial charge on any atom is 0.260 e. The molecule has 1 aromatic carbocycles. The van der Waals surface area contributed by atoms with E-state index >= 15 is 0 Å². The maximum absolute atomic E-state index is 13.6. The van der Waals surface area contributed by atoms with E-state index in [0.717, 1.165) is 62.6 Å². The molecule has 0 saturated carbocycles. The first kappa shape index (κ1) is 20.6. The molecular formula is C22H34N2O2. The Morgan fingerprint density at radius 3 is 2.15 bits per heavy atom. The van der Waals surface area contributed by atoms with Gasteiger partial charge in [-0.25, -0.2) is 0 Å². The van der Waals surface area contributed by atoms with Crippen LogP contribution < -0.4 is 0 Å². The molecule has 1 heterocycles. The summed E-state index contributed by atoms with van der Waals surface area (Å²) in [7, 11) is 4.03. The van der Waals surface area contributed by atoms with Crippen LogP contribution in [0.25, 0.3) is 0 Å². The van der Waals surface area contributed by atoms with Crippen LogP contribution in [-0.4, -0.2) is 48.8 Å². The first-order chi connectivity index (χ1) is 12.5. The lowest BCUT2D eigenvalue weighted by molar-refractivity contribution is -0.136. The fourth-order valence-electron chi connectivity index (χ4n) is 4.01. The third kappa shape index (κ3) is 4.17. The Labute approximate surface area is 158 Å². The Balaban J connectivity index is 2.43. The van der Waals surface area contributed by atoms with Gasteiger partial charge in [0.25, 0.3) is 5.91 Å². The average Bonchev–Trinajstić information content (AvgIpc) is 2.64. The molecule has 2 amide bonds. The van der Waals surface area contributed by atoms with Gasteiger partial charge in [-0.3, -0.25) is 14.5 Å². The van der Waals surface area contributed by atoms with Crippen molar-refractivity contribution in [3.63, 3.8) is 0 Å². The molecule has 0 fully saturated rings. The SMILES string of the molecule is CCCCC1(CCCC)C(=O)N(CCCN(C)C)C(=O)c2ccccc21. The van der Waals surface area contributed by atoms with Crippen molar-refractivity contribution >= 4 is 11.8 Å². The van der Waals surface area contributed by atoms with Gasteiger partial charge in [-0.15, -0.1) is 0 Å². The predicted octanol–water partition coefficient (Wildman–Crippen LogP) is 4.24. The lowest BCUT2D eigenvalue weighted by Gasteiger charge is -2.42. The van der Waals surface area contributed by atoms with E-state index in [1.165, 1.54) is 4.90 Å². The summed E-state index contributed by atoms with van der Waals surface area (Å²) in [4.78, 5) is 30.3. The molecule has 0 atom stereocenters. The minimum absolute atomic E-state index is 0.0295. The minimum Gasteiger partial charge on any atom is -0.309 e. The zero-order chi connectivity index (χ0) is 19.2. The van der Waals surface area contributed by atoms with Gasteiger partial charge in [0.2, 0.25) is 5.91 Å². The van der Waals surface area contributed by atoms with Crippen molar-refractivity contribution in [2.24, 2.45) is 0 Å². The topological polar surface area (TPSA) is 40.6 Å². The van der Waals surface area contributed by atoms with Crippen molar-refractivity contribution in [3.8, 4) is 0 Å². The second-order valence-corrected chi connectivity index (χ2v) is 7.75. The Kier molecular flexibility index (Phi) is 7.39. The van der Waals surface area contributed by atoms with E-state index in [0.29, 0.717) is 6.54 Å². The van der Waals surface area contributed by atoms with Crippen molar-refractivity contribution in [1.29, 1.82) is 0 Å². The first-order valence-corrected chi connectivity index (χ1v) is 10.1. The second-order valence-electron chi connectivity index (χ2n) is 7.75. The van der Waals surface area contributed by atoms with Crippen LogP contribution in [0.5, 0.6) is 0 Å². The molecule has 0 N–H and O–H groups in total. The van der Waals surface area contributed by atoms with Crippen molar-refractivity contribution < 1.29 is 9.59 Å². The number of hydrogen-bond acceptors (Lipinski definition) is 3. The number of unbranched alkanes of at least 4 members (excludes halogenated alkanes) is 2. The Morgan fingerprint density at radius 1 is 0.962 bits per heavy atom. The first-order valence-electron chi connectivity index (χ1n) is 10.1. The van der Waals surface area contributed by atoms with Gasteiger partial charge < -0.3 is 4.90 Å². The van der Waals surface area contributed by atoms with Gasteiger partial charge in [0.05, 0.1) is 5.41 Å². The Morgan fingerprint density at radius 2 is 1.58 bits per heavy atom. The third-order valence-electron chi connectivity index (χ3n) is 5.47. The summed E-state index contributed by atoms with van der Waals surface area (Å²) in [6, 6.07) is 7.78. The Hall–Kier alpha value is -1.68. The smallest absolute Gasteiger partial charge is 0.260 e. The number of carbonyl (C=O) groups excluding carboxylic acids is 2. The number of benzene rings is 1. The fourth-order valence-corrected chi connectivity index (χ4v) is 4.01. The second kappa shape index (κ2) is 9.31. The lowest BCUT2D eigenvalue weighted by Crippen LogP contribution is -2.55. The number of amides is 2. The molecule has 0 aromatic heterocycles. The molecular weight excluding hydrogens is 324 g/mol. The summed E-state index contributed by atoms with van der Waals surface area (Å²) in [5.74, 6) is -0.0881. The highest BCUT2D eigenvalue weighted by atomic mass is 16.2. The number of nitrogens with zero attached hydrogens (tertiary/aromatic N) is 2. The molecule has 144 valence electrons. The molecule has 4 nitrogen and oxygen atoms in total. The van der Waals surface area contributed by atoms with Crippen molar-refractivity contribution in [3.05, 3.63) is 35.4 Å². The van der Waals surface area contributed by atoms with Gasteiger partial charge in [0.1, 0.15) is 0 Å². The molecule has 0 saturated heterocycles. The van der Waals surface area contributed by atoms with Crippen molar-refractivity contribution in [2.75, 3.05) is 27.2 Å². The minimum atomic E-state index is -0.533. The quantitative estimate of drug-likeness (QED) is 0.587. The number of fused-ring (bicyclic) bond motifs is 1. The summed E-state index contributed by atoms with van der Waals surface area (Å²) >= 11 is 0. The van der Waals surface area contributed by atoms with Crippen molar-refractivity contribution in [2.45, 2.75) is 64.2 Å². The van der Waals surface area contributed by atoms with Gasteiger partial charge in [0.15, 0.2) is 0 Å². The van der Waals surface area contributed by atoms with E-state index < -0.39 is 5.41 Å². The summed E-state index contributed by atoms with van der Waals surface area (Å²) in [6.07, 6.45) is 6.58. The number of rotatable bonds is 10. The summed E-state index contributed by atoms with van der Waals surface area (Å²) in [5.41, 5.74) is 1.15. The van der Waals surface area contributed by atoms with Crippen LogP contribution in [0, 0.1) is 0 Å². The van der Waals surface area contributed by atoms with E-state index in [9.17, 15) is 9.59 Å². The van der Waals surface area contributed by atoms with Crippen LogP contribution in [0.4, 0.5) is 0 Å². The monoisotopic (exact) mass is 358 g/mol. The zero-order valence-electron chi connectivity index (χ0n) is 16.9. The van der Waals surface area contributed by atoms with Crippen LogP contribution >= 0.6 is 0 Å². The number of carbonyl (C=O) groups is 2. The highest BCUT2D eigenvalue weighted by Crippen LogP contribution is 2.42. The molecule has 1 aliphatic rings. The van der Waals surface area contributed by atoms with Crippen LogP contribution in [-0.2, 0) is 10.2 Å². The number of hydrogen-bond donors (Lipinski definition) is 0. The van der Waals surface area contributed by atoms with Gasteiger partial charge in [0, 0.05) is 12.1 Å². The molecule has 1 aliphatic heterocycles. The van der Waals surface area contributed by atoms with E-state index in [2.05, 4.69) is 18.7 Å². The molecule has 0 aliphatic carbocycles. The molecule has 4 heteroatoms. The maximum atomic E-state index is 13.6. The molecule has 0 bridgehead atoms. The zero-order valence-corrected chi connectivity index (χ0v) is 16.9. The predicted molar refractivity (Wildman–Crippen MR) is 106 cm³/mol. The van der Waals surface area contributed by atoms with Gasteiger partial charge >= 0.3 is 0 Å². The van der Waals surface area contributed by atoms with Crippen LogP contribution in [0.1, 0.15) is 74.7 Å². The van der Waals surface area contributed by atoms with Gasteiger partial charge in [-0.1, -0.05) is 57.7 Å². The largest absolute Gasteiger partial charge is 0.309 e. The van der Waals surface area contributed by atoms with E-state index in [1.807, 2.05) is 38.4 Å². The summed E-state index contributed by atoms with van der Waals surface area (Å²) in [5, 5.41) is 0. The fraction of sp³-hybridized carbons (Fsp3) is 0.636. The average molecular weight is 359 g/mol.